The third kappa shape index (κ3) is 2.61. The van der Waals surface area contributed by atoms with Gasteiger partial charge in [-0.2, -0.15) is 0 Å². The van der Waals surface area contributed by atoms with Crippen LogP contribution in [0, 0.1) is 0 Å². The summed E-state index contributed by atoms with van der Waals surface area (Å²) in [6.45, 7) is 1.12. The molecule has 1 rings (SSSR count). The van der Waals surface area contributed by atoms with E-state index in [2.05, 4.69) is 0 Å². The van der Waals surface area contributed by atoms with Crippen LogP contribution in [0.3, 0.4) is 0 Å². The van der Waals surface area contributed by atoms with Crippen LogP contribution in [-0.2, 0) is 6.54 Å². The van der Waals surface area contributed by atoms with Crippen molar-refractivity contribution >= 4 is 0 Å². The average molecular weight is 197 g/mol. The van der Waals surface area contributed by atoms with Crippen LogP contribution in [0.25, 0.3) is 0 Å². The molecule has 0 heterocycles. The zero-order valence-corrected chi connectivity index (χ0v) is 8.14. The van der Waals surface area contributed by atoms with Gasteiger partial charge in [0.2, 0.25) is 0 Å². The van der Waals surface area contributed by atoms with Crippen LogP contribution in [0.2, 0.25) is 0 Å². The third-order valence-corrected chi connectivity index (χ3v) is 2.02. The second-order valence-electron chi connectivity index (χ2n) is 3.25. The fourth-order valence-corrected chi connectivity index (χ4v) is 1.25. The second-order valence-corrected chi connectivity index (χ2v) is 3.25. The lowest BCUT2D eigenvalue weighted by Crippen LogP contribution is -2.21. The Balaban J connectivity index is 2.71. The third-order valence-electron chi connectivity index (χ3n) is 2.02. The number of aliphatic hydroxyl groups is 1. The fourth-order valence-electron chi connectivity index (χ4n) is 1.25. The predicted molar refractivity (Wildman–Crippen MR) is 53.2 cm³/mol. The zero-order chi connectivity index (χ0) is 10.6. The molecular weight excluding hydrogens is 182 g/mol. The first kappa shape index (κ1) is 10.8. The summed E-state index contributed by atoms with van der Waals surface area (Å²) in [7, 11) is 1.83. The molecule has 0 saturated heterocycles. The van der Waals surface area contributed by atoms with E-state index in [1.165, 1.54) is 6.07 Å². The highest BCUT2D eigenvalue weighted by Gasteiger charge is 2.07. The molecule has 0 aliphatic heterocycles. The maximum Gasteiger partial charge on any atom is 0.161 e. The number of phenolic OH excluding ortho intramolecular Hbond substituents is 2. The van der Waals surface area contributed by atoms with Crippen molar-refractivity contribution in [1.29, 1.82) is 0 Å². The summed E-state index contributed by atoms with van der Waals surface area (Å²) in [5.41, 5.74) is 0.654. The summed E-state index contributed by atoms with van der Waals surface area (Å²) in [5, 5.41) is 27.4. The summed E-state index contributed by atoms with van der Waals surface area (Å²) < 4.78 is 0. The van der Waals surface area contributed by atoms with E-state index in [-0.39, 0.29) is 18.1 Å². The molecule has 0 unspecified atom stereocenters. The van der Waals surface area contributed by atoms with Crippen molar-refractivity contribution in [1.82, 2.24) is 4.90 Å². The molecule has 3 N–H and O–H groups in total. The molecule has 0 fully saturated rings. The molecule has 0 radical (unpaired) electrons. The molecule has 0 bridgehead atoms. The Kier molecular flexibility index (Phi) is 3.73. The molecule has 1 aromatic carbocycles. The molecule has 0 spiro atoms. The number of aliphatic hydroxyl groups excluding tert-OH is 1. The van der Waals surface area contributed by atoms with Crippen LogP contribution in [0.15, 0.2) is 18.2 Å². The highest BCUT2D eigenvalue weighted by atomic mass is 16.3. The monoisotopic (exact) mass is 197 g/mol. The van der Waals surface area contributed by atoms with E-state index in [4.69, 9.17) is 5.11 Å². The van der Waals surface area contributed by atoms with Crippen molar-refractivity contribution in [2.75, 3.05) is 20.2 Å². The Morgan fingerprint density at radius 3 is 2.64 bits per heavy atom. The Hall–Kier alpha value is -1.26. The van der Waals surface area contributed by atoms with Crippen LogP contribution in [0.5, 0.6) is 11.5 Å². The molecule has 0 aromatic heterocycles. The highest BCUT2D eigenvalue weighted by molar-refractivity contribution is 5.44. The van der Waals surface area contributed by atoms with Gasteiger partial charge in [-0.1, -0.05) is 12.1 Å². The fraction of sp³-hybridized carbons (Fsp3) is 0.400. The smallest absolute Gasteiger partial charge is 0.161 e. The zero-order valence-electron chi connectivity index (χ0n) is 8.14. The Labute approximate surface area is 83.0 Å². The highest BCUT2D eigenvalue weighted by Crippen LogP contribution is 2.28. The van der Waals surface area contributed by atoms with Crippen molar-refractivity contribution < 1.29 is 15.3 Å². The molecule has 0 atom stereocenters. The van der Waals surface area contributed by atoms with Gasteiger partial charge < -0.3 is 15.3 Å². The van der Waals surface area contributed by atoms with E-state index >= 15 is 0 Å². The van der Waals surface area contributed by atoms with Crippen molar-refractivity contribution in [3.05, 3.63) is 23.8 Å². The van der Waals surface area contributed by atoms with Gasteiger partial charge in [-0.3, -0.25) is 4.90 Å². The SMILES string of the molecule is CN(CCO)Cc1cccc(O)c1O. The van der Waals surface area contributed by atoms with Gasteiger partial charge in [-0.15, -0.1) is 0 Å². The second kappa shape index (κ2) is 4.83. The van der Waals surface area contributed by atoms with Crippen molar-refractivity contribution in [3.8, 4) is 11.5 Å². The standard InChI is InChI=1S/C10H15NO3/c1-11(5-6-12)7-8-3-2-4-9(13)10(8)14/h2-4,12-14H,5-7H2,1H3. The molecule has 1 aromatic rings. The van der Waals surface area contributed by atoms with E-state index in [0.29, 0.717) is 18.7 Å². The van der Waals surface area contributed by atoms with Crippen molar-refractivity contribution in [2.45, 2.75) is 6.54 Å². The maximum absolute atomic E-state index is 9.48. The maximum atomic E-state index is 9.48. The summed E-state index contributed by atoms with van der Waals surface area (Å²) in [4.78, 5) is 1.86. The van der Waals surface area contributed by atoms with Gasteiger partial charge in [0, 0.05) is 18.7 Å². The topological polar surface area (TPSA) is 63.9 Å². The van der Waals surface area contributed by atoms with Gasteiger partial charge in [0.1, 0.15) is 0 Å². The summed E-state index contributed by atoms with van der Waals surface area (Å²) in [5.74, 6) is -0.197. The van der Waals surface area contributed by atoms with Crippen LogP contribution in [0.4, 0.5) is 0 Å². The number of rotatable bonds is 4. The molecular formula is C10H15NO3. The number of aromatic hydroxyl groups is 2. The van der Waals surface area contributed by atoms with E-state index in [9.17, 15) is 10.2 Å². The lowest BCUT2D eigenvalue weighted by atomic mass is 10.2. The van der Waals surface area contributed by atoms with E-state index in [0.717, 1.165) is 0 Å². The minimum atomic E-state index is -0.111. The Morgan fingerprint density at radius 1 is 1.29 bits per heavy atom. The minimum absolute atomic E-state index is 0.0794. The summed E-state index contributed by atoms with van der Waals surface area (Å²) in [6, 6.07) is 4.85. The summed E-state index contributed by atoms with van der Waals surface area (Å²) >= 11 is 0. The largest absolute Gasteiger partial charge is 0.504 e. The van der Waals surface area contributed by atoms with E-state index in [1.54, 1.807) is 12.1 Å². The number of hydrogen-bond donors (Lipinski definition) is 3. The van der Waals surface area contributed by atoms with Gasteiger partial charge in [-0.05, 0) is 13.1 Å². The summed E-state index contributed by atoms with van der Waals surface area (Å²) in [6.07, 6.45) is 0. The molecule has 4 heteroatoms. The van der Waals surface area contributed by atoms with Gasteiger partial charge in [0.15, 0.2) is 11.5 Å². The Morgan fingerprint density at radius 2 is 2.00 bits per heavy atom. The van der Waals surface area contributed by atoms with Gasteiger partial charge in [-0.25, -0.2) is 0 Å². The van der Waals surface area contributed by atoms with E-state index < -0.39 is 0 Å². The Bertz CT molecular complexity index is 301. The molecule has 0 saturated carbocycles. The first-order valence-electron chi connectivity index (χ1n) is 4.44. The molecule has 78 valence electrons. The number of phenols is 2. The van der Waals surface area contributed by atoms with Crippen LogP contribution >= 0.6 is 0 Å². The van der Waals surface area contributed by atoms with Crippen molar-refractivity contribution in [2.24, 2.45) is 0 Å². The van der Waals surface area contributed by atoms with E-state index in [1.807, 2.05) is 11.9 Å². The van der Waals surface area contributed by atoms with Crippen LogP contribution < -0.4 is 0 Å². The van der Waals surface area contributed by atoms with Gasteiger partial charge >= 0.3 is 0 Å². The van der Waals surface area contributed by atoms with Crippen LogP contribution in [-0.4, -0.2) is 40.4 Å². The molecule has 4 nitrogen and oxygen atoms in total. The number of para-hydroxylation sites is 1. The minimum Gasteiger partial charge on any atom is -0.504 e. The first-order valence-corrected chi connectivity index (χ1v) is 4.44. The first-order chi connectivity index (χ1) is 6.65. The number of hydrogen-bond acceptors (Lipinski definition) is 4. The van der Waals surface area contributed by atoms with Gasteiger partial charge in [0.25, 0.3) is 0 Å². The normalized spacial score (nSPS) is 10.8. The lowest BCUT2D eigenvalue weighted by Gasteiger charge is -2.15. The lowest BCUT2D eigenvalue weighted by molar-refractivity contribution is 0.215. The predicted octanol–water partition coefficient (Wildman–Crippen LogP) is 0.522. The number of nitrogens with zero attached hydrogens (tertiary/aromatic N) is 1. The average Bonchev–Trinajstić information content (AvgIpc) is 2.13. The quantitative estimate of drug-likeness (QED) is 0.616. The number of likely N-dealkylation sites (N-methyl/N-ethyl adjacent to an activating group) is 1. The molecule has 14 heavy (non-hydrogen) atoms. The van der Waals surface area contributed by atoms with Crippen LogP contribution in [0.1, 0.15) is 5.56 Å². The number of benzene rings is 1. The van der Waals surface area contributed by atoms with Gasteiger partial charge in [0.05, 0.1) is 6.61 Å². The molecule has 0 amide bonds. The molecule has 0 aliphatic rings. The molecule has 0 aliphatic carbocycles. The van der Waals surface area contributed by atoms with Crippen molar-refractivity contribution in [3.63, 3.8) is 0 Å².